The SMILES string of the molecule is CCCCCOc1cccc(C2=C(/C=C/C3=Nc4c(cc(S(=O)(=O)[O-])c[n+]4CCCC)C3(C)C)CCC/C2=C\C=C2\N(CCCS(=O)(=O)[O-])c3ccc(C)cc3C2(C)C)c1.CCCC[N+](CCCC)(CCCC)CCCC.CCCC[N+](CCCC)(CCCC)CCCC.CCCC[N+](CCCC)(CCCC)CCCC. The second kappa shape index (κ2) is 53.7. The molecule has 3 heterocycles. The summed E-state index contributed by atoms with van der Waals surface area (Å²) in [5.41, 5.74) is 9.21. The monoisotopic (exact) mass is 1580 g/mol. The minimum absolute atomic E-state index is 0.213. The molecule has 0 N–H and O–H groups in total. The van der Waals surface area contributed by atoms with Crippen molar-refractivity contribution in [3.05, 3.63) is 118 Å². The lowest BCUT2D eigenvalue weighted by molar-refractivity contribution is -0.929. The van der Waals surface area contributed by atoms with Crippen LogP contribution in [0, 0.1) is 6.92 Å². The lowest BCUT2D eigenvalue weighted by Gasteiger charge is -2.39. The Bertz CT molecular complexity index is 3300. The minimum atomic E-state index is -4.68. The molecule has 0 spiro atoms. The Kier molecular flexibility index (Phi) is 48.7. The number of hydrogen-bond donors (Lipinski definition) is 0. The molecule has 0 saturated heterocycles. The van der Waals surface area contributed by atoms with Gasteiger partial charge < -0.3 is 32.2 Å². The summed E-state index contributed by atoms with van der Waals surface area (Å²) in [6, 6.07) is 16.1. The molecule has 3 aliphatic rings. The zero-order chi connectivity index (χ0) is 82.4. The standard InChI is InChI=1S/C48H61N3O7S2.3C16H36N/c1-8-10-12-28-58-38-19-14-18-37(31-38)45-35(21-24-43-47(4,5)41-32-39(60(55,56)57)33-50(26-11-9-2)46(41)49-43)16-13-17-36(45)22-25-44-48(6,7)40-30-34(3)20-23-42(40)51(44)27-15-29-59(52,53)54;3*1-5-9-13-17(14-10-6-2,15-11-7-3)16-12-8-4/h14,18-25,30-33H,8-13,15-17,26-29H2,1-7H3,(H-,52,53,54,55,56,57);3*5-16H2,1-4H3/q;3*+1/p-1. The summed E-state index contributed by atoms with van der Waals surface area (Å²) in [4.78, 5) is 7.01. The molecule has 13 nitrogen and oxygen atoms in total. The van der Waals surface area contributed by atoms with Gasteiger partial charge in [0.05, 0.1) is 118 Å². The van der Waals surface area contributed by atoms with E-state index in [-0.39, 0.29) is 16.7 Å². The molecule has 2 aromatic carbocycles. The van der Waals surface area contributed by atoms with Gasteiger partial charge in [0.1, 0.15) is 22.1 Å². The van der Waals surface area contributed by atoms with Crippen molar-refractivity contribution >= 4 is 43.0 Å². The number of pyridine rings is 1. The van der Waals surface area contributed by atoms with E-state index in [0.717, 1.165) is 108 Å². The number of benzene rings is 2. The van der Waals surface area contributed by atoms with Crippen LogP contribution < -0.4 is 14.2 Å². The summed E-state index contributed by atoms with van der Waals surface area (Å²) < 4.78 is 84.0. The molecule has 15 heteroatoms. The van der Waals surface area contributed by atoms with Crippen LogP contribution in [0.15, 0.2) is 106 Å². The van der Waals surface area contributed by atoms with E-state index in [2.05, 4.69) is 171 Å². The highest BCUT2D eigenvalue weighted by Gasteiger charge is 2.44. The van der Waals surface area contributed by atoms with Crippen molar-refractivity contribution in [2.45, 2.75) is 366 Å². The summed E-state index contributed by atoms with van der Waals surface area (Å²) in [5.74, 6) is 1.05. The van der Waals surface area contributed by atoms with Crippen LogP contribution in [-0.2, 0) is 37.6 Å². The highest BCUT2D eigenvalue weighted by molar-refractivity contribution is 7.86. The Labute approximate surface area is 684 Å². The van der Waals surface area contributed by atoms with E-state index in [9.17, 15) is 25.9 Å². The number of fused-ring (bicyclic) bond motifs is 2. The molecule has 0 bridgehead atoms. The average Bonchev–Trinajstić information content (AvgIpc) is 1.60. The maximum Gasteiger partial charge on any atom is 0.327 e. The maximum absolute atomic E-state index is 12.3. The number of quaternary nitrogens is 3. The topological polar surface area (TPSA) is 143 Å². The van der Waals surface area contributed by atoms with Crippen molar-refractivity contribution in [1.29, 1.82) is 0 Å². The van der Waals surface area contributed by atoms with Gasteiger partial charge in [-0.2, -0.15) is 0 Å². The van der Waals surface area contributed by atoms with Gasteiger partial charge in [-0.15, -0.1) is 0 Å². The Morgan fingerprint density at radius 1 is 0.495 bits per heavy atom. The fraction of sp³-hybridized carbons (Fsp3) is 0.729. The summed E-state index contributed by atoms with van der Waals surface area (Å²) in [5, 5.41) is 0. The van der Waals surface area contributed by atoms with E-state index in [0.29, 0.717) is 31.1 Å². The number of unbranched alkanes of at least 4 members (excludes halogenated alkanes) is 15. The highest BCUT2D eigenvalue weighted by Crippen LogP contribution is 2.49. The van der Waals surface area contributed by atoms with Crippen LogP contribution in [0.3, 0.4) is 0 Å². The Morgan fingerprint density at radius 3 is 1.35 bits per heavy atom. The molecule has 0 unspecified atom stereocenters. The lowest BCUT2D eigenvalue weighted by Crippen LogP contribution is -2.50. The summed E-state index contributed by atoms with van der Waals surface area (Å²) in [6.07, 6.45) is 50.9. The van der Waals surface area contributed by atoms with E-state index < -0.39 is 31.4 Å². The van der Waals surface area contributed by atoms with Gasteiger partial charge in [0.2, 0.25) is 0 Å². The first kappa shape index (κ1) is 101. The smallest absolute Gasteiger partial charge is 0.327 e. The predicted octanol–water partition coefficient (Wildman–Crippen LogP) is 24.7. The molecule has 111 heavy (non-hydrogen) atoms. The number of allylic oxidation sites excluding steroid dienone is 8. The molecule has 0 amide bonds. The van der Waals surface area contributed by atoms with Gasteiger partial charge in [-0.3, -0.25) is 0 Å². The number of aryl methyl sites for hydroxylation is 2. The van der Waals surface area contributed by atoms with E-state index in [1.165, 1.54) is 258 Å². The molecule has 0 atom stereocenters. The van der Waals surface area contributed by atoms with E-state index in [4.69, 9.17) is 9.73 Å². The number of ether oxygens (including phenoxy) is 1. The van der Waals surface area contributed by atoms with Gasteiger partial charge in [-0.25, -0.2) is 21.4 Å². The van der Waals surface area contributed by atoms with Crippen molar-refractivity contribution in [1.82, 2.24) is 0 Å². The third-order valence-electron chi connectivity index (χ3n) is 23.9. The fourth-order valence-electron chi connectivity index (χ4n) is 16.6. The number of aliphatic imine (C=N–C) groups is 1. The second-order valence-corrected chi connectivity index (χ2v) is 37.2. The molecule has 0 radical (unpaired) electrons. The normalized spacial score (nSPS) is 15.6. The molecule has 0 saturated carbocycles. The van der Waals surface area contributed by atoms with Crippen LogP contribution in [0.5, 0.6) is 5.75 Å². The third-order valence-corrected chi connectivity index (χ3v) is 25.5. The van der Waals surface area contributed by atoms with Gasteiger partial charge in [-0.1, -0.05) is 249 Å². The van der Waals surface area contributed by atoms with Crippen LogP contribution in [-0.4, -0.2) is 143 Å². The minimum Gasteiger partial charge on any atom is -0.748 e. The quantitative estimate of drug-likeness (QED) is 0.0235. The largest absolute Gasteiger partial charge is 0.748 e. The second-order valence-electron chi connectivity index (χ2n) is 34.3. The van der Waals surface area contributed by atoms with Crippen LogP contribution in [0.1, 0.15) is 359 Å². The summed E-state index contributed by atoms with van der Waals surface area (Å²) >= 11 is 0. The van der Waals surface area contributed by atoms with Crippen LogP contribution in [0.4, 0.5) is 11.5 Å². The highest BCUT2D eigenvalue weighted by atomic mass is 32.2. The van der Waals surface area contributed by atoms with Gasteiger partial charge in [0.25, 0.3) is 0 Å². The lowest BCUT2D eigenvalue weighted by atomic mass is 9.80. The molecule has 6 rings (SSSR count). The first-order chi connectivity index (χ1) is 53.1. The summed E-state index contributed by atoms with van der Waals surface area (Å²) in [6.45, 7) is 61.4. The van der Waals surface area contributed by atoms with Crippen molar-refractivity contribution in [2.24, 2.45) is 4.99 Å². The van der Waals surface area contributed by atoms with Gasteiger partial charge in [0.15, 0.2) is 5.71 Å². The molecule has 1 aliphatic carbocycles. The Morgan fingerprint density at radius 2 is 0.937 bits per heavy atom. The van der Waals surface area contributed by atoms with Gasteiger partial charge in [0, 0.05) is 29.1 Å². The first-order valence-electron chi connectivity index (χ1n) is 45.6. The van der Waals surface area contributed by atoms with Crippen molar-refractivity contribution in [3.63, 3.8) is 0 Å². The molecule has 634 valence electrons. The zero-order valence-electron chi connectivity index (χ0n) is 75.0. The zero-order valence-corrected chi connectivity index (χ0v) is 76.6. The number of anilines is 1. The van der Waals surface area contributed by atoms with Crippen LogP contribution in [0.2, 0.25) is 0 Å². The molecular formula is C96H168N6O7S2+2. The van der Waals surface area contributed by atoms with Crippen molar-refractivity contribution < 1.29 is 48.7 Å². The van der Waals surface area contributed by atoms with Gasteiger partial charge >= 0.3 is 5.82 Å². The third kappa shape index (κ3) is 34.3. The molecular weight excluding hydrogens is 1410 g/mol. The van der Waals surface area contributed by atoms with Crippen LogP contribution >= 0.6 is 0 Å². The Hall–Kier alpha value is -4.48. The van der Waals surface area contributed by atoms with Crippen molar-refractivity contribution in [2.75, 3.05) is 102 Å². The molecule has 3 aromatic rings. The molecule has 0 fully saturated rings. The van der Waals surface area contributed by atoms with Crippen LogP contribution in [0.25, 0.3) is 5.57 Å². The maximum atomic E-state index is 12.3. The number of nitrogens with zero attached hydrogens (tertiary/aromatic N) is 6. The molecule has 1 aromatic heterocycles. The fourth-order valence-corrected chi connectivity index (χ4v) is 17.6. The summed E-state index contributed by atoms with van der Waals surface area (Å²) in [7, 11) is -9.04. The predicted molar refractivity (Wildman–Crippen MR) is 476 cm³/mol. The number of aromatic nitrogens is 1. The first-order valence-corrected chi connectivity index (χ1v) is 48.6. The van der Waals surface area contributed by atoms with E-state index in [1.807, 2.05) is 36.6 Å². The number of hydrogen-bond acceptors (Lipinski definition) is 9. The molecule has 2 aliphatic heterocycles. The average molecular weight is 1580 g/mol. The van der Waals surface area contributed by atoms with E-state index in [1.54, 1.807) is 0 Å². The van der Waals surface area contributed by atoms with Gasteiger partial charge in [-0.05, 0) is 206 Å². The van der Waals surface area contributed by atoms with Crippen molar-refractivity contribution in [3.8, 4) is 5.75 Å². The number of rotatable bonds is 53. The van der Waals surface area contributed by atoms with E-state index >= 15 is 0 Å². The Balaban J connectivity index is 0.000000504.